The van der Waals surface area contributed by atoms with Crippen molar-refractivity contribution in [3.8, 4) is 5.69 Å². The van der Waals surface area contributed by atoms with Gasteiger partial charge in [0.15, 0.2) is 5.16 Å². The number of carbonyl (C=O) groups is 1. The van der Waals surface area contributed by atoms with Crippen molar-refractivity contribution in [2.24, 2.45) is 0 Å². The van der Waals surface area contributed by atoms with Crippen LogP contribution in [0.15, 0.2) is 53.7 Å². The van der Waals surface area contributed by atoms with E-state index in [0.29, 0.717) is 16.4 Å². The van der Waals surface area contributed by atoms with E-state index in [-0.39, 0.29) is 17.5 Å². The highest BCUT2D eigenvalue weighted by molar-refractivity contribution is 7.99. The molecule has 3 aromatic rings. The number of thioether (sulfide) groups is 1. The van der Waals surface area contributed by atoms with Crippen molar-refractivity contribution in [1.29, 1.82) is 0 Å². The summed E-state index contributed by atoms with van der Waals surface area (Å²) in [6, 6.07) is 14.1. The number of halogens is 1. The lowest BCUT2D eigenvalue weighted by molar-refractivity contribution is -0.113. The monoisotopic (exact) mass is 370 g/mol. The molecule has 1 N–H and O–H groups in total. The molecule has 0 unspecified atom stereocenters. The molecule has 0 aliphatic heterocycles. The van der Waals surface area contributed by atoms with E-state index in [2.05, 4.69) is 15.5 Å². The molecular formula is C19H19FN4OS. The van der Waals surface area contributed by atoms with E-state index < -0.39 is 0 Å². The van der Waals surface area contributed by atoms with Crippen LogP contribution >= 0.6 is 11.8 Å². The first-order chi connectivity index (χ1) is 12.6. The molecule has 1 amide bonds. The number of nitrogens with zero attached hydrogens (tertiary/aromatic N) is 3. The summed E-state index contributed by atoms with van der Waals surface area (Å²) in [5.41, 5.74) is 2.26. The van der Waals surface area contributed by atoms with E-state index in [1.165, 1.54) is 23.9 Å². The Balaban J connectivity index is 1.72. The molecule has 1 heterocycles. The molecule has 0 aliphatic rings. The Bertz CT molecular complexity index is 911. The lowest BCUT2D eigenvalue weighted by atomic mass is 10.2. The molecule has 3 rings (SSSR count). The first-order valence-corrected chi connectivity index (χ1v) is 9.25. The Morgan fingerprint density at radius 2 is 1.96 bits per heavy atom. The molecule has 0 saturated carbocycles. The van der Waals surface area contributed by atoms with E-state index in [4.69, 9.17) is 0 Å². The minimum absolute atomic E-state index is 0.176. The SMILES string of the molecule is CCc1nnc(SCC(=O)Nc2ccc(F)cc2C)n1-c1ccccc1. The summed E-state index contributed by atoms with van der Waals surface area (Å²) in [6.45, 7) is 3.77. The van der Waals surface area contributed by atoms with Crippen LogP contribution in [0.25, 0.3) is 5.69 Å². The number of hydrogen-bond donors (Lipinski definition) is 1. The Hall–Kier alpha value is -2.67. The van der Waals surface area contributed by atoms with Crippen LogP contribution in [-0.4, -0.2) is 26.4 Å². The molecule has 2 aromatic carbocycles. The quantitative estimate of drug-likeness (QED) is 0.666. The second-order valence-corrected chi connectivity index (χ2v) is 6.66. The van der Waals surface area contributed by atoms with E-state index in [1.54, 1.807) is 13.0 Å². The number of aromatic nitrogens is 3. The van der Waals surface area contributed by atoms with Gasteiger partial charge in [-0.1, -0.05) is 36.9 Å². The predicted molar refractivity (Wildman–Crippen MR) is 101 cm³/mol. The van der Waals surface area contributed by atoms with Crippen molar-refractivity contribution in [2.75, 3.05) is 11.1 Å². The lowest BCUT2D eigenvalue weighted by Crippen LogP contribution is -2.15. The zero-order valence-electron chi connectivity index (χ0n) is 14.6. The molecule has 0 spiro atoms. The maximum Gasteiger partial charge on any atom is 0.234 e. The third-order valence-corrected chi connectivity index (χ3v) is 4.75. The molecule has 26 heavy (non-hydrogen) atoms. The third kappa shape index (κ3) is 4.11. The molecular weight excluding hydrogens is 351 g/mol. The van der Waals surface area contributed by atoms with Crippen molar-refractivity contribution in [2.45, 2.75) is 25.4 Å². The van der Waals surface area contributed by atoms with Crippen molar-refractivity contribution in [1.82, 2.24) is 14.8 Å². The number of benzene rings is 2. The average Bonchev–Trinajstić information content (AvgIpc) is 3.06. The van der Waals surface area contributed by atoms with Crippen LogP contribution in [-0.2, 0) is 11.2 Å². The van der Waals surface area contributed by atoms with Crippen LogP contribution in [0.2, 0.25) is 0 Å². The van der Waals surface area contributed by atoms with Gasteiger partial charge in [0.1, 0.15) is 11.6 Å². The third-order valence-electron chi connectivity index (χ3n) is 3.83. The van der Waals surface area contributed by atoms with Crippen molar-refractivity contribution < 1.29 is 9.18 Å². The molecule has 0 aliphatic carbocycles. The van der Waals surface area contributed by atoms with Gasteiger partial charge in [-0.05, 0) is 42.8 Å². The Labute approximate surface area is 155 Å². The van der Waals surface area contributed by atoms with Crippen LogP contribution < -0.4 is 5.32 Å². The van der Waals surface area contributed by atoms with Crippen LogP contribution in [0.4, 0.5) is 10.1 Å². The Morgan fingerprint density at radius 3 is 2.65 bits per heavy atom. The van der Waals surface area contributed by atoms with Gasteiger partial charge in [0.05, 0.1) is 5.75 Å². The Kier molecular flexibility index (Phi) is 5.68. The number of rotatable bonds is 6. The van der Waals surface area contributed by atoms with Gasteiger partial charge in [0, 0.05) is 17.8 Å². The van der Waals surface area contributed by atoms with Crippen LogP contribution in [0.3, 0.4) is 0 Å². The smallest absolute Gasteiger partial charge is 0.234 e. The van der Waals surface area contributed by atoms with Crippen molar-refractivity contribution in [3.05, 3.63) is 65.7 Å². The largest absolute Gasteiger partial charge is 0.325 e. The van der Waals surface area contributed by atoms with Crippen LogP contribution in [0, 0.1) is 12.7 Å². The maximum absolute atomic E-state index is 13.2. The summed E-state index contributed by atoms with van der Waals surface area (Å²) >= 11 is 1.32. The molecule has 7 heteroatoms. The number of carbonyl (C=O) groups excluding carboxylic acids is 1. The van der Waals surface area contributed by atoms with E-state index >= 15 is 0 Å². The van der Waals surface area contributed by atoms with Gasteiger partial charge in [-0.2, -0.15) is 0 Å². The predicted octanol–water partition coefficient (Wildman–Crippen LogP) is 4.01. The molecule has 0 atom stereocenters. The normalized spacial score (nSPS) is 10.7. The van der Waals surface area contributed by atoms with Crippen LogP contribution in [0.1, 0.15) is 18.3 Å². The highest BCUT2D eigenvalue weighted by Gasteiger charge is 2.15. The number of amides is 1. The molecule has 0 bridgehead atoms. The summed E-state index contributed by atoms with van der Waals surface area (Å²) in [4.78, 5) is 12.3. The van der Waals surface area contributed by atoms with Gasteiger partial charge < -0.3 is 5.32 Å². The van der Waals surface area contributed by atoms with E-state index in [1.807, 2.05) is 41.8 Å². The number of anilines is 1. The van der Waals surface area contributed by atoms with E-state index in [0.717, 1.165) is 17.9 Å². The number of hydrogen-bond acceptors (Lipinski definition) is 4. The highest BCUT2D eigenvalue weighted by atomic mass is 32.2. The van der Waals surface area contributed by atoms with Gasteiger partial charge in [-0.15, -0.1) is 10.2 Å². The summed E-state index contributed by atoms with van der Waals surface area (Å²) in [5.74, 6) is 0.530. The fourth-order valence-electron chi connectivity index (χ4n) is 2.54. The molecule has 134 valence electrons. The lowest BCUT2D eigenvalue weighted by Gasteiger charge is -2.10. The van der Waals surface area contributed by atoms with Gasteiger partial charge in [-0.25, -0.2) is 4.39 Å². The minimum Gasteiger partial charge on any atom is -0.325 e. The topological polar surface area (TPSA) is 59.8 Å². The van der Waals surface area contributed by atoms with Crippen molar-refractivity contribution >= 4 is 23.4 Å². The molecule has 5 nitrogen and oxygen atoms in total. The second-order valence-electron chi connectivity index (χ2n) is 5.72. The fourth-order valence-corrected chi connectivity index (χ4v) is 3.31. The highest BCUT2D eigenvalue weighted by Crippen LogP contribution is 2.23. The molecule has 0 saturated heterocycles. The molecule has 0 fully saturated rings. The number of aryl methyl sites for hydroxylation is 2. The second kappa shape index (κ2) is 8.14. The summed E-state index contributed by atoms with van der Waals surface area (Å²) in [7, 11) is 0. The van der Waals surface area contributed by atoms with Gasteiger partial charge in [0.25, 0.3) is 0 Å². The first kappa shape index (κ1) is 18.1. The zero-order valence-corrected chi connectivity index (χ0v) is 15.4. The van der Waals surface area contributed by atoms with Crippen molar-refractivity contribution in [3.63, 3.8) is 0 Å². The summed E-state index contributed by atoms with van der Waals surface area (Å²) in [6.07, 6.45) is 0.740. The molecule has 0 radical (unpaired) electrons. The zero-order chi connectivity index (χ0) is 18.5. The summed E-state index contributed by atoms with van der Waals surface area (Å²) < 4.78 is 15.1. The fraction of sp³-hybridized carbons (Fsp3) is 0.211. The summed E-state index contributed by atoms with van der Waals surface area (Å²) in [5, 5.41) is 11.9. The van der Waals surface area contributed by atoms with Gasteiger partial charge >= 0.3 is 0 Å². The standard InChI is InChI=1S/C19H19FN4OS/c1-3-17-22-23-19(24(17)15-7-5-4-6-8-15)26-12-18(25)21-16-10-9-14(20)11-13(16)2/h4-11H,3,12H2,1-2H3,(H,21,25). The maximum atomic E-state index is 13.2. The number of para-hydroxylation sites is 1. The molecule has 1 aromatic heterocycles. The van der Waals surface area contributed by atoms with Gasteiger partial charge in [-0.3, -0.25) is 9.36 Å². The van der Waals surface area contributed by atoms with Crippen LogP contribution in [0.5, 0.6) is 0 Å². The number of nitrogens with one attached hydrogen (secondary N) is 1. The minimum atomic E-state index is -0.321. The average molecular weight is 370 g/mol. The van der Waals surface area contributed by atoms with E-state index in [9.17, 15) is 9.18 Å². The first-order valence-electron chi connectivity index (χ1n) is 8.27. The van der Waals surface area contributed by atoms with Gasteiger partial charge in [0.2, 0.25) is 5.91 Å². The Morgan fingerprint density at radius 1 is 1.19 bits per heavy atom.